The van der Waals surface area contributed by atoms with E-state index in [1.807, 2.05) is 0 Å². The summed E-state index contributed by atoms with van der Waals surface area (Å²) in [4.78, 5) is 0. The van der Waals surface area contributed by atoms with Crippen molar-refractivity contribution in [1.82, 2.24) is 0 Å². The average molecular weight is 330 g/mol. The van der Waals surface area contributed by atoms with Crippen molar-refractivity contribution in [2.75, 3.05) is 14.2 Å². The fraction of sp³-hybridized carbons (Fsp3) is 0.200. The summed E-state index contributed by atoms with van der Waals surface area (Å²) in [5.41, 5.74) is 6.91. The normalized spacial score (nSPS) is 12.1. The largest absolute Gasteiger partial charge is 0.493 e. The maximum atomic E-state index is 14.2. The van der Waals surface area contributed by atoms with E-state index in [1.165, 1.54) is 26.4 Å². The van der Waals surface area contributed by atoms with Crippen LogP contribution in [0.2, 0.25) is 10.0 Å². The van der Waals surface area contributed by atoms with Crippen molar-refractivity contribution in [3.05, 3.63) is 57.3 Å². The molecule has 0 amide bonds. The second-order valence-electron chi connectivity index (χ2n) is 4.37. The Morgan fingerprint density at radius 2 is 1.62 bits per heavy atom. The summed E-state index contributed by atoms with van der Waals surface area (Å²) in [6, 6.07) is 6.84. The first-order chi connectivity index (χ1) is 9.97. The van der Waals surface area contributed by atoms with E-state index < -0.39 is 11.9 Å². The van der Waals surface area contributed by atoms with E-state index in [4.69, 9.17) is 38.4 Å². The van der Waals surface area contributed by atoms with Crippen molar-refractivity contribution in [2.45, 2.75) is 6.04 Å². The summed E-state index contributed by atoms with van der Waals surface area (Å²) >= 11 is 12.1. The average Bonchev–Trinajstić information content (AvgIpc) is 2.48. The zero-order chi connectivity index (χ0) is 15.6. The van der Waals surface area contributed by atoms with Crippen molar-refractivity contribution in [1.29, 1.82) is 0 Å². The third-order valence-corrected chi connectivity index (χ3v) is 3.71. The molecule has 6 heteroatoms. The highest BCUT2D eigenvalue weighted by Crippen LogP contribution is 2.36. The first kappa shape index (κ1) is 15.9. The Kier molecular flexibility index (Phi) is 4.93. The van der Waals surface area contributed by atoms with E-state index in [0.29, 0.717) is 27.1 Å². The molecule has 0 spiro atoms. The highest BCUT2D eigenvalue weighted by Gasteiger charge is 2.20. The fourth-order valence-electron chi connectivity index (χ4n) is 2.03. The summed E-state index contributed by atoms with van der Waals surface area (Å²) in [5, 5.41) is 0.895. The van der Waals surface area contributed by atoms with Crippen LogP contribution in [0.15, 0.2) is 30.3 Å². The predicted molar refractivity (Wildman–Crippen MR) is 82.0 cm³/mol. The van der Waals surface area contributed by atoms with Gasteiger partial charge in [0.25, 0.3) is 0 Å². The Labute approximate surface area is 132 Å². The third kappa shape index (κ3) is 3.23. The van der Waals surface area contributed by atoms with E-state index in [9.17, 15) is 4.39 Å². The molecule has 2 aromatic carbocycles. The molecule has 112 valence electrons. The van der Waals surface area contributed by atoms with Crippen LogP contribution >= 0.6 is 23.2 Å². The van der Waals surface area contributed by atoms with Crippen LogP contribution in [0.5, 0.6) is 11.5 Å². The highest BCUT2D eigenvalue weighted by atomic mass is 35.5. The monoisotopic (exact) mass is 329 g/mol. The van der Waals surface area contributed by atoms with Crippen LogP contribution in [-0.4, -0.2) is 14.2 Å². The number of halogens is 3. The minimum atomic E-state index is -0.768. The molecule has 21 heavy (non-hydrogen) atoms. The molecule has 0 saturated carbocycles. The molecule has 0 saturated heterocycles. The molecule has 0 bridgehead atoms. The molecule has 0 fully saturated rings. The highest BCUT2D eigenvalue weighted by molar-refractivity contribution is 6.33. The van der Waals surface area contributed by atoms with E-state index in [2.05, 4.69) is 0 Å². The van der Waals surface area contributed by atoms with Crippen LogP contribution in [0.3, 0.4) is 0 Å². The van der Waals surface area contributed by atoms with Crippen LogP contribution in [0.25, 0.3) is 0 Å². The van der Waals surface area contributed by atoms with Crippen LogP contribution in [-0.2, 0) is 0 Å². The van der Waals surface area contributed by atoms with Gasteiger partial charge in [0.05, 0.1) is 20.3 Å². The van der Waals surface area contributed by atoms with E-state index in [-0.39, 0.29) is 5.56 Å². The number of methoxy groups -OCH3 is 2. The lowest BCUT2D eigenvalue weighted by Crippen LogP contribution is -2.14. The van der Waals surface area contributed by atoms with Gasteiger partial charge in [-0.15, -0.1) is 0 Å². The van der Waals surface area contributed by atoms with Gasteiger partial charge in [0.15, 0.2) is 11.5 Å². The molecule has 0 radical (unpaired) electrons. The standard InChI is InChI=1S/C15H14Cl2FNO2/c1-20-13-6-10(12(18)7-14(13)21-2)15(19)9-5-8(16)3-4-11(9)17/h3-7,15H,19H2,1-2H3. The molecule has 2 aromatic rings. The van der Waals surface area contributed by atoms with Crippen LogP contribution < -0.4 is 15.2 Å². The van der Waals surface area contributed by atoms with Gasteiger partial charge in [-0.05, 0) is 29.8 Å². The van der Waals surface area contributed by atoms with Gasteiger partial charge in [-0.1, -0.05) is 23.2 Å². The second kappa shape index (κ2) is 6.52. The van der Waals surface area contributed by atoms with Crippen molar-refractivity contribution in [3.8, 4) is 11.5 Å². The molecule has 0 aliphatic heterocycles. The third-order valence-electron chi connectivity index (χ3n) is 3.13. The SMILES string of the molecule is COc1cc(F)c(C(N)c2cc(Cl)ccc2Cl)cc1OC. The molecule has 1 atom stereocenters. The number of rotatable bonds is 4. The van der Waals surface area contributed by atoms with Gasteiger partial charge in [0, 0.05) is 21.7 Å². The van der Waals surface area contributed by atoms with Crippen molar-refractivity contribution < 1.29 is 13.9 Å². The van der Waals surface area contributed by atoms with Crippen molar-refractivity contribution >= 4 is 23.2 Å². The minimum Gasteiger partial charge on any atom is -0.493 e. The summed E-state index contributed by atoms with van der Waals surface area (Å²) in [6.45, 7) is 0. The molecule has 0 aromatic heterocycles. The molecular formula is C15H14Cl2FNO2. The van der Waals surface area contributed by atoms with Crippen LogP contribution in [0, 0.1) is 5.82 Å². The van der Waals surface area contributed by atoms with Gasteiger partial charge in [0.1, 0.15) is 5.82 Å². The van der Waals surface area contributed by atoms with Crippen LogP contribution in [0.1, 0.15) is 17.2 Å². The smallest absolute Gasteiger partial charge is 0.163 e. The molecule has 2 N–H and O–H groups in total. The number of hydrogen-bond donors (Lipinski definition) is 1. The van der Waals surface area contributed by atoms with E-state index in [1.54, 1.807) is 18.2 Å². The maximum absolute atomic E-state index is 14.2. The van der Waals surface area contributed by atoms with Gasteiger partial charge >= 0.3 is 0 Å². The lowest BCUT2D eigenvalue weighted by Gasteiger charge is -2.17. The van der Waals surface area contributed by atoms with Gasteiger partial charge in [-0.25, -0.2) is 4.39 Å². The summed E-state index contributed by atoms with van der Waals surface area (Å²) in [7, 11) is 2.90. The summed E-state index contributed by atoms with van der Waals surface area (Å²) < 4.78 is 24.4. The van der Waals surface area contributed by atoms with Gasteiger partial charge in [0.2, 0.25) is 0 Å². The molecule has 1 unspecified atom stereocenters. The first-order valence-corrected chi connectivity index (χ1v) is 6.85. The Morgan fingerprint density at radius 1 is 1.00 bits per heavy atom. The molecule has 0 aliphatic carbocycles. The Morgan fingerprint density at radius 3 is 2.24 bits per heavy atom. The summed E-state index contributed by atoms with van der Waals surface area (Å²) in [5.74, 6) is 0.182. The molecule has 2 rings (SSSR count). The van der Waals surface area contributed by atoms with E-state index >= 15 is 0 Å². The Bertz CT molecular complexity index is 664. The van der Waals surface area contributed by atoms with Gasteiger partial charge in [-0.2, -0.15) is 0 Å². The molecule has 0 aliphatic rings. The molecular weight excluding hydrogens is 316 g/mol. The number of hydrogen-bond acceptors (Lipinski definition) is 3. The van der Waals surface area contributed by atoms with E-state index in [0.717, 1.165) is 0 Å². The lowest BCUT2D eigenvalue weighted by atomic mass is 9.98. The lowest BCUT2D eigenvalue weighted by molar-refractivity contribution is 0.351. The van der Waals surface area contributed by atoms with Crippen molar-refractivity contribution in [2.24, 2.45) is 5.73 Å². The van der Waals surface area contributed by atoms with Crippen LogP contribution in [0.4, 0.5) is 4.39 Å². The summed E-state index contributed by atoms with van der Waals surface area (Å²) in [6.07, 6.45) is 0. The predicted octanol–water partition coefficient (Wildman–Crippen LogP) is 4.20. The fourth-order valence-corrected chi connectivity index (χ4v) is 2.44. The first-order valence-electron chi connectivity index (χ1n) is 6.10. The van der Waals surface area contributed by atoms with Crippen molar-refractivity contribution in [3.63, 3.8) is 0 Å². The quantitative estimate of drug-likeness (QED) is 0.914. The Hall–Kier alpha value is -1.49. The molecule has 0 heterocycles. The number of benzene rings is 2. The number of ether oxygens (including phenoxy) is 2. The molecule has 3 nitrogen and oxygen atoms in total. The Balaban J connectivity index is 2.52. The second-order valence-corrected chi connectivity index (χ2v) is 5.22. The zero-order valence-corrected chi connectivity index (χ0v) is 13.0. The number of nitrogens with two attached hydrogens (primary N) is 1. The van der Waals surface area contributed by atoms with Gasteiger partial charge < -0.3 is 15.2 Å². The maximum Gasteiger partial charge on any atom is 0.163 e. The topological polar surface area (TPSA) is 44.5 Å². The zero-order valence-electron chi connectivity index (χ0n) is 11.5. The van der Waals surface area contributed by atoms with Gasteiger partial charge in [-0.3, -0.25) is 0 Å². The minimum absolute atomic E-state index is 0.247.